The first-order chi connectivity index (χ1) is 8.56. The number of thiazole rings is 1. The number of phenolic OH excluding ortho intramolecular Hbond substituents is 1. The Bertz CT molecular complexity index is 540. The number of nitrogens with one attached hydrogen (secondary N) is 1. The van der Waals surface area contributed by atoms with Crippen LogP contribution < -0.4 is 5.32 Å². The van der Waals surface area contributed by atoms with Crippen LogP contribution in [0.15, 0.2) is 24.4 Å². The van der Waals surface area contributed by atoms with Crippen LogP contribution in [-0.2, 0) is 6.54 Å². The molecule has 0 radical (unpaired) electrons. The van der Waals surface area contributed by atoms with Crippen LogP contribution in [-0.4, -0.2) is 16.1 Å². The summed E-state index contributed by atoms with van der Waals surface area (Å²) in [5.41, 5.74) is 0.929. The highest BCUT2D eigenvalue weighted by Gasteiger charge is 2.07. The predicted octanol–water partition coefficient (Wildman–Crippen LogP) is 3.67. The zero-order valence-electron chi connectivity index (χ0n) is 10.3. The van der Waals surface area contributed by atoms with Gasteiger partial charge in [0.15, 0.2) is 0 Å². The van der Waals surface area contributed by atoms with Crippen molar-refractivity contribution in [2.24, 2.45) is 0 Å². The Morgan fingerprint density at radius 3 is 2.89 bits per heavy atom. The van der Waals surface area contributed by atoms with Gasteiger partial charge in [-0.2, -0.15) is 0 Å². The van der Waals surface area contributed by atoms with Gasteiger partial charge in [-0.15, -0.1) is 11.3 Å². The molecule has 0 unspecified atom stereocenters. The quantitative estimate of drug-likeness (QED) is 0.899. The molecule has 18 heavy (non-hydrogen) atoms. The summed E-state index contributed by atoms with van der Waals surface area (Å²) in [6.07, 6.45) is 1.87. The van der Waals surface area contributed by atoms with Gasteiger partial charge in [0.05, 0.1) is 5.02 Å². The molecule has 0 aliphatic heterocycles. The van der Waals surface area contributed by atoms with Crippen LogP contribution in [0, 0.1) is 0 Å². The molecule has 0 aliphatic rings. The average molecular weight is 283 g/mol. The number of nitrogens with zero attached hydrogens (tertiary/aromatic N) is 1. The summed E-state index contributed by atoms with van der Waals surface area (Å²) in [4.78, 5) is 5.56. The van der Waals surface area contributed by atoms with Crippen LogP contribution in [0.1, 0.15) is 18.7 Å². The Balaban J connectivity index is 2.16. The number of hydrogen-bond acceptors (Lipinski definition) is 4. The third kappa shape index (κ3) is 3.22. The lowest BCUT2D eigenvalue weighted by molar-refractivity contribution is 0.475. The molecule has 0 saturated heterocycles. The number of phenols is 1. The van der Waals surface area contributed by atoms with E-state index in [0.717, 1.165) is 17.1 Å². The fourth-order valence-electron chi connectivity index (χ4n) is 1.47. The summed E-state index contributed by atoms with van der Waals surface area (Å²) < 4.78 is 0. The van der Waals surface area contributed by atoms with E-state index < -0.39 is 0 Å². The van der Waals surface area contributed by atoms with Gasteiger partial charge in [-0.3, -0.25) is 0 Å². The minimum absolute atomic E-state index is 0.0960. The molecule has 0 aliphatic carbocycles. The first-order valence-corrected chi connectivity index (χ1v) is 6.92. The van der Waals surface area contributed by atoms with E-state index in [1.54, 1.807) is 23.5 Å². The molecule has 1 heterocycles. The largest absolute Gasteiger partial charge is 0.506 e. The van der Waals surface area contributed by atoms with Gasteiger partial charge in [0, 0.05) is 29.2 Å². The van der Waals surface area contributed by atoms with Gasteiger partial charge >= 0.3 is 0 Å². The van der Waals surface area contributed by atoms with Crippen LogP contribution in [0.25, 0.3) is 10.6 Å². The van der Waals surface area contributed by atoms with E-state index in [0.29, 0.717) is 11.1 Å². The molecule has 0 amide bonds. The lowest BCUT2D eigenvalue weighted by atomic mass is 10.2. The van der Waals surface area contributed by atoms with Gasteiger partial charge in [-0.25, -0.2) is 4.98 Å². The van der Waals surface area contributed by atoms with Gasteiger partial charge in [0.25, 0.3) is 0 Å². The first-order valence-electron chi connectivity index (χ1n) is 5.73. The highest BCUT2D eigenvalue weighted by molar-refractivity contribution is 7.15. The molecule has 0 atom stereocenters. The molecule has 0 spiro atoms. The van der Waals surface area contributed by atoms with Crippen molar-refractivity contribution in [3.05, 3.63) is 34.3 Å². The smallest absolute Gasteiger partial charge is 0.134 e. The standard InChI is InChI=1S/C13H15ClN2OS/c1-8(2)15-6-10-7-16-13(18-10)9-3-4-12(17)11(14)5-9/h3-5,7-8,15,17H,6H2,1-2H3. The lowest BCUT2D eigenvalue weighted by Gasteiger charge is -2.04. The van der Waals surface area contributed by atoms with Gasteiger partial charge in [0.2, 0.25) is 0 Å². The molecule has 3 nitrogen and oxygen atoms in total. The van der Waals surface area contributed by atoms with Gasteiger partial charge in [0.1, 0.15) is 10.8 Å². The third-order valence-electron chi connectivity index (χ3n) is 2.43. The number of benzene rings is 1. The molecular formula is C13H15ClN2OS. The minimum atomic E-state index is 0.0960. The lowest BCUT2D eigenvalue weighted by Crippen LogP contribution is -2.21. The van der Waals surface area contributed by atoms with Crippen molar-refractivity contribution >= 4 is 22.9 Å². The highest BCUT2D eigenvalue weighted by Crippen LogP contribution is 2.31. The second kappa shape index (κ2) is 5.69. The van der Waals surface area contributed by atoms with Gasteiger partial charge in [-0.05, 0) is 18.2 Å². The van der Waals surface area contributed by atoms with E-state index in [1.807, 2.05) is 12.3 Å². The number of hydrogen-bond donors (Lipinski definition) is 2. The normalized spacial score (nSPS) is 11.1. The molecule has 0 bridgehead atoms. The van der Waals surface area contributed by atoms with E-state index in [1.165, 1.54) is 4.88 Å². The second-order valence-electron chi connectivity index (χ2n) is 4.33. The fraction of sp³-hybridized carbons (Fsp3) is 0.308. The van der Waals surface area contributed by atoms with Crippen LogP contribution in [0.2, 0.25) is 5.02 Å². The van der Waals surface area contributed by atoms with E-state index in [9.17, 15) is 5.11 Å². The zero-order valence-corrected chi connectivity index (χ0v) is 11.8. The molecule has 2 rings (SSSR count). The topological polar surface area (TPSA) is 45.2 Å². The van der Waals surface area contributed by atoms with E-state index >= 15 is 0 Å². The molecule has 0 saturated carbocycles. The maximum absolute atomic E-state index is 9.38. The van der Waals surface area contributed by atoms with Crippen molar-refractivity contribution in [1.82, 2.24) is 10.3 Å². The number of aromatic nitrogens is 1. The molecule has 96 valence electrons. The van der Waals surface area contributed by atoms with Crippen LogP contribution in [0.4, 0.5) is 0 Å². The van der Waals surface area contributed by atoms with Crippen molar-refractivity contribution in [3.63, 3.8) is 0 Å². The summed E-state index contributed by atoms with van der Waals surface area (Å²) in [5, 5.41) is 14.0. The Morgan fingerprint density at radius 1 is 1.44 bits per heavy atom. The minimum Gasteiger partial charge on any atom is -0.506 e. The van der Waals surface area contributed by atoms with Crippen molar-refractivity contribution < 1.29 is 5.11 Å². The van der Waals surface area contributed by atoms with Crippen LogP contribution in [0.3, 0.4) is 0 Å². The van der Waals surface area contributed by atoms with Crippen molar-refractivity contribution in [3.8, 4) is 16.3 Å². The van der Waals surface area contributed by atoms with Crippen molar-refractivity contribution in [2.75, 3.05) is 0 Å². The highest BCUT2D eigenvalue weighted by atomic mass is 35.5. The Kier molecular flexibility index (Phi) is 4.22. The van der Waals surface area contributed by atoms with Gasteiger partial charge in [-0.1, -0.05) is 25.4 Å². The van der Waals surface area contributed by atoms with E-state index in [2.05, 4.69) is 24.1 Å². The Hall–Kier alpha value is -1.10. The predicted molar refractivity (Wildman–Crippen MR) is 76.2 cm³/mol. The van der Waals surface area contributed by atoms with Crippen molar-refractivity contribution in [1.29, 1.82) is 0 Å². The third-order valence-corrected chi connectivity index (χ3v) is 3.78. The summed E-state index contributed by atoms with van der Waals surface area (Å²) in [6.45, 7) is 5.05. The average Bonchev–Trinajstić information content (AvgIpc) is 2.79. The molecule has 0 fully saturated rings. The van der Waals surface area contributed by atoms with Crippen LogP contribution in [0.5, 0.6) is 5.75 Å². The van der Waals surface area contributed by atoms with Crippen molar-refractivity contribution in [2.45, 2.75) is 26.4 Å². The summed E-state index contributed by atoms with van der Waals surface area (Å²) in [5.74, 6) is 0.0960. The maximum Gasteiger partial charge on any atom is 0.134 e. The molecule has 2 N–H and O–H groups in total. The monoisotopic (exact) mass is 282 g/mol. The SMILES string of the molecule is CC(C)NCc1cnc(-c2ccc(O)c(Cl)c2)s1. The maximum atomic E-state index is 9.38. The summed E-state index contributed by atoms with van der Waals surface area (Å²) >= 11 is 7.52. The molecular weight excluding hydrogens is 268 g/mol. The number of halogens is 1. The summed E-state index contributed by atoms with van der Waals surface area (Å²) in [7, 11) is 0. The molecule has 5 heteroatoms. The second-order valence-corrected chi connectivity index (χ2v) is 5.86. The van der Waals surface area contributed by atoms with E-state index in [-0.39, 0.29) is 5.75 Å². The zero-order chi connectivity index (χ0) is 13.1. The molecule has 1 aromatic heterocycles. The van der Waals surface area contributed by atoms with E-state index in [4.69, 9.17) is 11.6 Å². The Labute approximate surface area is 115 Å². The first kappa shape index (κ1) is 13.3. The Morgan fingerprint density at radius 2 is 2.22 bits per heavy atom. The molecule has 2 aromatic rings. The van der Waals surface area contributed by atoms with Crippen LogP contribution >= 0.6 is 22.9 Å². The molecule has 1 aromatic carbocycles. The fourth-order valence-corrected chi connectivity index (χ4v) is 2.51. The number of rotatable bonds is 4. The number of aromatic hydroxyl groups is 1. The summed E-state index contributed by atoms with van der Waals surface area (Å²) in [6, 6.07) is 5.60. The van der Waals surface area contributed by atoms with Gasteiger partial charge < -0.3 is 10.4 Å².